The predicted octanol–water partition coefficient (Wildman–Crippen LogP) is 4.92. The summed E-state index contributed by atoms with van der Waals surface area (Å²) in [5.74, 6) is -4.05. The van der Waals surface area contributed by atoms with Crippen LogP contribution in [0.3, 0.4) is 0 Å². The number of anilines is 1. The molecule has 0 saturated heterocycles. The van der Waals surface area contributed by atoms with Crippen LogP contribution >= 0.6 is 0 Å². The van der Waals surface area contributed by atoms with E-state index in [0.717, 1.165) is 38.9 Å². The Morgan fingerprint density at radius 1 is 0.932 bits per heavy atom. The number of benzene rings is 2. The number of carbonyl (C=O) groups is 5. The van der Waals surface area contributed by atoms with Crippen LogP contribution in [-0.4, -0.2) is 91.8 Å². The Kier molecular flexibility index (Phi) is 14.3. The predicted molar refractivity (Wildman–Crippen MR) is 213 cm³/mol. The number of nitrogens with two attached hydrogens (primary N) is 1. The largest absolute Gasteiger partial charge is 0.490 e. The van der Waals surface area contributed by atoms with Crippen molar-refractivity contribution in [2.24, 2.45) is 16.8 Å². The number of hydrazone groups is 1. The zero-order valence-electron chi connectivity index (χ0n) is 32.7. The van der Waals surface area contributed by atoms with E-state index in [4.69, 9.17) is 20.7 Å². The fourth-order valence-electron chi connectivity index (χ4n) is 6.45. The van der Waals surface area contributed by atoms with Crippen LogP contribution in [0.2, 0.25) is 0 Å². The van der Waals surface area contributed by atoms with Gasteiger partial charge in [-0.15, -0.1) is 0 Å². The summed E-state index contributed by atoms with van der Waals surface area (Å²) in [7, 11) is 0. The second-order valence-corrected chi connectivity index (χ2v) is 14.5. The Balaban J connectivity index is 0.000000867. The summed E-state index contributed by atoms with van der Waals surface area (Å²) in [6.45, 7) is 7.09. The maximum absolute atomic E-state index is 14.0. The number of carbonyl (C=O) groups excluding carboxylic acids is 4. The number of rotatable bonds is 12. The Labute approximate surface area is 338 Å². The first-order chi connectivity index (χ1) is 28.0. The lowest BCUT2D eigenvalue weighted by Gasteiger charge is -2.30. The van der Waals surface area contributed by atoms with Gasteiger partial charge in [0.25, 0.3) is 5.91 Å². The van der Waals surface area contributed by atoms with Crippen molar-refractivity contribution >= 4 is 52.0 Å². The number of nitrogens with zero attached hydrogens (tertiary/aromatic N) is 5. The van der Waals surface area contributed by atoms with Crippen LogP contribution in [0.25, 0.3) is 10.9 Å². The van der Waals surface area contributed by atoms with E-state index in [-0.39, 0.29) is 29.7 Å². The number of aliphatic carboxylic acids is 1. The number of hydrogen-bond acceptors (Lipinski definition) is 9. The number of fused-ring (bicyclic) bond motifs is 2. The van der Waals surface area contributed by atoms with Gasteiger partial charge in [0.1, 0.15) is 6.04 Å². The lowest BCUT2D eigenvalue weighted by atomic mass is 9.86. The molecular formula is C41H46F3N9O6. The second-order valence-electron chi connectivity index (χ2n) is 14.5. The molecule has 4 aromatic rings. The second kappa shape index (κ2) is 19.3. The van der Waals surface area contributed by atoms with Crippen molar-refractivity contribution in [3.8, 4) is 0 Å². The van der Waals surface area contributed by atoms with Gasteiger partial charge in [0, 0.05) is 62.3 Å². The van der Waals surface area contributed by atoms with E-state index in [1.54, 1.807) is 30.4 Å². The third-order valence-corrected chi connectivity index (χ3v) is 9.84. The van der Waals surface area contributed by atoms with Crippen LogP contribution in [0.5, 0.6) is 0 Å². The quantitative estimate of drug-likeness (QED) is 0.123. The molecule has 0 aliphatic carbocycles. The van der Waals surface area contributed by atoms with Crippen LogP contribution < -0.4 is 21.7 Å². The van der Waals surface area contributed by atoms with E-state index in [2.05, 4.69) is 25.9 Å². The molecule has 0 fully saturated rings. The number of halogens is 3. The Hall–Kier alpha value is -6.43. The summed E-state index contributed by atoms with van der Waals surface area (Å²) in [6.07, 6.45) is 1.78. The molecule has 0 radical (unpaired) electrons. The molecule has 0 bridgehead atoms. The Morgan fingerprint density at radius 2 is 1.64 bits per heavy atom. The van der Waals surface area contributed by atoms with E-state index in [1.807, 2.05) is 74.5 Å². The SMILES string of the molecule is CC(NC(=O)C(N)C(C)C)C(=O)NCCCCN1N=C(c2ccc(NC(=O)N3Cc4ccncc4C3)cc2)CC(c2cccc3ncccc23)C1=O.O=C(O)C(F)(F)F. The highest BCUT2D eigenvalue weighted by Gasteiger charge is 2.38. The summed E-state index contributed by atoms with van der Waals surface area (Å²) >= 11 is 0. The van der Waals surface area contributed by atoms with Gasteiger partial charge in [0.15, 0.2) is 0 Å². The molecule has 0 spiro atoms. The lowest BCUT2D eigenvalue weighted by Crippen LogP contribution is -2.51. The molecule has 0 saturated carbocycles. The molecular weight excluding hydrogens is 772 g/mol. The minimum absolute atomic E-state index is 0.0442. The van der Waals surface area contributed by atoms with Crippen molar-refractivity contribution in [2.75, 3.05) is 18.4 Å². The molecule has 2 aromatic heterocycles. The highest BCUT2D eigenvalue weighted by Crippen LogP contribution is 2.34. The summed E-state index contributed by atoms with van der Waals surface area (Å²) in [5, 5.41) is 22.9. The molecule has 15 nitrogen and oxygen atoms in total. The molecule has 312 valence electrons. The molecule has 6 rings (SSSR count). The van der Waals surface area contributed by atoms with E-state index >= 15 is 0 Å². The van der Waals surface area contributed by atoms with Gasteiger partial charge < -0.3 is 31.7 Å². The normalized spacial score (nSPS) is 16.0. The maximum atomic E-state index is 14.0. The van der Waals surface area contributed by atoms with Crippen molar-refractivity contribution < 1.29 is 42.3 Å². The van der Waals surface area contributed by atoms with Crippen LogP contribution in [0.1, 0.15) is 68.2 Å². The smallest absolute Gasteiger partial charge is 0.475 e. The number of carboxylic acid groups (broad SMARTS) is 1. The van der Waals surface area contributed by atoms with Crippen LogP contribution in [0.15, 0.2) is 84.4 Å². The number of pyridine rings is 2. The molecule has 3 unspecified atom stereocenters. The number of amides is 5. The van der Waals surface area contributed by atoms with Gasteiger partial charge in [-0.25, -0.2) is 14.6 Å². The highest BCUT2D eigenvalue weighted by atomic mass is 19.4. The molecule has 4 heterocycles. The number of aromatic nitrogens is 2. The highest BCUT2D eigenvalue weighted by molar-refractivity contribution is 6.07. The van der Waals surface area contributed by atoms with Gasteiger partial charge in [-0.2, -0.15) is 18.3 Å². The number of hydrogen-bond donors (Lipinski definition) is 5. The Bertz CT molecular complexity index is 2170. The summed E-state index contributed by atoms with van der Waals surface area (Å²) < 4.78 is 31.7. The molecule has 2 aliphatic rings. The fraction of sp³-hybridized carbons (Fsp3) is 0.366. The van der Waals surface area contributed by atoms with Gasteiger partial charge in [0.05, 0.1) is 23.2 Å². The zero-order valence-corrected chi connectivity index (χ0v) is 32.7. The molecule has 6 N–H and O–H groups in total. The van der Waals surface area contributed by atoms with Gasteiger partial charge in [-0.1, -0.05) is 44.2 Å². The summed E-state index contributed by atoms with van der Waals surface area (Å²) in [4.78, 5) is 71.2. The van der Waals surface area contributed by atoms with Crippen LogP contribution in [0.4, 0.5) is 23.7 Å². The minimum atomic E-state index is -5.08. The average molecular weight is 818 g/mol. The van der Waals surface area contributed by atoms with Gasteiger partial charge in [-0.3, -0.25) is 24.4 Å². The third-order valence-electron chi connectivity index (χ3n) is 9.84. The first kappa shape index (κ1) is 43.7. The van der Waals surface area contributed by atoms with Crippen molar-refractivity contribution in [1.29, 1.82) is 0 Å². The molecule has 2 aromatic carbocycles. The number of urea groups is 1. The van der Waals surface area contributed by atoms with Gasteiger partial charge >= 0.3 is 18.2 Å². The molecule has 18 heteroatoms. The minimum Gasteiger partial charge on any atom is -0.475 e. The summed E-state index contributed by atoms with van der Waals surface area (Å²) in [5.41, 5.74) is 12.0. The van der Waals surface area contributed by atoms with Gasteiger partial charge in [0.2, 0.25) is 11.8 Å². The third kappa shape index (κ3) is 11.4. The Morgan fingerprint density at radius 3 is 2.32 bits per heavy atom. The van der Waals surface area contributed by atoms with Crippen LogP contribution in [0, 0.1) is 5.92 Å². The molecule has 5 amide bonds. The maximum Gasteiger partial charge on any atom is 0.490 e. The average Bonchev–Trinajstić information content (AvgIpc) is 3.66. The first-order valence-electron chi connectivity index (χ1n) is 19.0. The molecule has 59 heavy (non-hydrogen) atoms. The molecule has 3 atom stereocenters. The van der Waals surface area contributed by atoms with E-state index < -0.39 is 30.1 Å². The van der Waals surface area contributed by atoms with E-state index in [1.165, 1.54) is 5.01 Å². The summed E-state index contributed by atoms with van der Waals surface area (Å²) in [6, 6.07) is 17.5. The van der Waals surface area contributed by atoms with Crippen LogP contribution in [-0.2, 0) is 32.3 Å². The number of unbranched alkanes of at least 4 members (excludes halogenated alkanes) is 1. The monoisotopic (exact) mass is 817 g/mol. The fourth-order valence-corrected chi connectivity index (χ4v) is 6.45. The number of nitrogens with one attached hydrogen (secondary N) is 3. The molecule has 2 aliphatic heterocycles. The topological polar surface area (TPSA) is 212 Å². The standard InChI is InChI=1S/C39H45N9O4.C2HF3O2/c1-24(2)35(40)37(50)44-25(3)36(49)43-16-4-5-19-48-38(51)32(30-8-6-10-33-31(30)9-7-17-42-33)20-34(46-48)26-11-13-29(14-12-26)45-39(52)47-22-27-15-18-41-21-28(27)23-47;3-2(4,5)1(6)7/h6-15,17-18,21,24-25,32,35H,4-5,16,19-20,22-23,40H2,1-3H3,(H,43,49)(H,44,50)(H,45,52);(H,6,7). The van der Waals surface area contributed by atoms with Gasteiger partial charge in [-0.05, 0) is 78.3 Å². The van der Waals surface area contributed by atoms with E-state index in [9.17, 15) is 32.3 Å². The zero-order chi connectivity index (χ0) is 42.9. The van der Waals surface area contributed by atoms with Crippen molar-refractivity contribution in [3.05, 3.63) is 102 Å². The first-order valence-corrected chi connectivity index (χ1v) is 19.0. The van der Waals surface area contributed by atoms with E-state index in [0.29, 0.717) is 51.1 Å². The van der Waals surface area contributed by atoms with Crippen molar-refractivity contribution in [2.45, 2.75) is 77.3 Å². The van der Waals surface area contributed by atoms with Crippen molar-refractivity contribution in [3.63, 3.8) is 0 Å². The van der Waals surface area contributed by atoms with Crippen molar-refractivity contribution in [1.82, 2.24) is 30.5 Å². The number of alkyl halides is 3. The lowest BCUT2D eigenvalue weighted by molar-refractivity contribution is -0.192. The number of carboxylic acids is 1.